The van der Waals surface area contributed by atoms with E-state index in [-0.39, 0.29) is 11.6 Å². The maximum Gasteiger partial charge on any atom is 0.352 e. The Bertz CT molecular complexity index is 695. The summed E-state index contributed by atoms with van der Waals surface area (Å²) < 4.78 is 2.90. The molecule has 0 aliphatic heterocycles. The van der Waals surface area contributed by atoms with Crippen LogP contribution in [0.3, 0.4) is 0 Å². The van der Waals surface area contributed by atoms with Gasteiger partial charge in [-0.3, -0.25) is 4.79 Å². The Labute approximate surface area is 116 Å². The Morgan fingerprint density at radius 3 is 2.45 bits per heavy atom. The number of carboxylic acids is 1. The van der Waals surface area contributed by atoms with E-state index in [9.17, 15) is 14.7 Å². The van der Waals surface area contributed by atoms with Crippen LogP contribution in [0, 0.1) is 0 Å². The van der Waals surface area contributed by atoms with Crippen molar-refractivity contribution in [2.75, 3.05) is 0 Å². The van der Waals surface area contributed by atoms with Crippen molar-refractivity contribution in [1.29, 1.82) is 0 Å². The van der Waals surface area contributed by atoms with Gasteiger partial charge in [0, 0.05) is 24.6 Å². The Kier molecular flexibility index (Phi) is 3.92. The molecule has 0 fully saturated rings. The highest BCUT2D eigenvalue weighted by molar-refractivity contribution is 5.86. The minimum Gasteiger partial charge on any atom is -0.477 e. The molecule has 2 aromatic heterocycles. The third-order valence-electron chi connectivity index (χ3n) is 3.68. The van der Waals surface area contributed by atoms with E-state index in [0.29, 0.717) is 12.2 Å². The van der Waals surface area contributed by atoms with Crippen molar-refractivity contribution in [3.8, 4) is 0 Å². The second kappa shape index (κ2) is 5.48. The summed E-state index contributed by atoms with van der Waals surface area (Å²) in [4.78, 5) is 23.2. The Morgan fingerprint density at radius 1 is 1.30 bits per heavy atom. The number of rotatable bonds is 5. The van der Waals surface area contributed by atoms with Gasteiger partial charge in [-0.15, -0.1) is 0 Å². The Morgan fingerprint density at radius 2 is 1.95 bits per heavy atom. The predicted octanol–water partition coefficient (Wildman–Crippen LogP) is 2.12. The van der Waals surface area contributed by atoms with Crippen molar-refractivity contribution < 1.29 is 9.90 Å². The second-order valence-corrected chi connectivity index (χ2v) is 4.77. The molecule has 6 heteroatoms. The molecule has 0 spiro atoms. The molecule has 0 aromatic carbocycles. The zero-order valence-electron chi connectivity index (χ0n) is 12.0. The van der Waals surface area contributed by atoms with Crippen molar-refractivity contribution in [1.82, 2.24) is 14.2 Å². The minimum atomic E-state index is -1.10. The summed E-state index contributed by atoms with van der Waals surface area (Å²) in [6.07, 6.45) is 1.87. The number of carbonyl (C=O) groups is 1. The van der Waals surface area contributed by atoms with Crippen LogP contribution in [-0.2, 0) is 6.54 Å². The quantitative estimate of drug-likeness (QED) is 0.908. The Hall–Kier alpha value is -2.11. The van der Waals surface area contributed by atoms with Crippen molar-refractivity contribution in [2.45, 2.75) is 46.1 Å². The summed E-state index contributed by atoms with van der Waals surface area (Å²) in [7, 11) is 0. The highest BCUT2D eigenvalue weighted by Gasteiger charge is 2.18. The molecule has 20 heavy (non-hydrogen) atoms. The third kappa shape index (κ3) is 2.21. The van der Waals surface area contributed by atoms with E-state index in [0.717, 1.165) is 24.6 Å². The monoisotopic (exact) mass is 277 g/mol. The molecule has 0 amide bonds. The average molecular weight is 277 g/mol. The largest absolute Gasteiger partial charge is 0.477 e. The summed E-state index contributed by atoms with van der Waals surface area (Å²) in [6.45, 7) is 6.47. The number of fused-ring (bicyclic) bond motifs is 1. The first-order valence-corrected chi connectivity index (χ1v) is 6.90. The standard InChI is InChI=1S/C14H19N3O3/c1-4-9(5-2)10-7-12-16(6-3)11(14(19)20)8-13(18)17(12)15-10/h7-9H,4-6H2,1-3H3,(H,19,20). The first kappa shape index (κ1) is 14.3. The van der Waals surface area contributed by atoms with Gasteiger partial charge < -0.3 is 9.67 Å². The molecule has 2 heterocycles. The summed E-state index contributed by atoms with van der Waals surface area (Å²) in [6, 6.07) is 2.96. The molecule has 1 N–H and O–H groups in total. The predicted molar refractivity (Wildman–Crippen MR) is 75.4 cm³/mol. The van der Waals surface area contributed by atoms with Gasteiger partial charge in [-0.05, 0) is 19.8 Å². The van der Waals surface area contributed by atoms with Crippen LogP contribution in [0.15, 0.2) is 16.9 Å². The van der Waals surface area contributed by atoms with Crippen molar-refractivity contribution >= 4 is 11.6 Å². The first-order valence-electron chi connectivity index (χ1n) is 6.90. The Balaban J connectivity index is 2.76. The molecule has 0 aliphatic rings. The molecule has 2 rings (SSSR count). The summed E-state index contributed by atoms with van der Waals surface area (Å²) in [5.74, 6) is -0.815. The van der Waals surface area contributed by atoms with Gasteiger partial charge in [0.05, 0.1) is 5.69 Å². The van der Waals surface area contributed by atoms with E-state index in [2.05, 4.69) is 18.9 Å². The number of hydrogen-bond donors (Lipinski definition) is 1. The number of carboxylic acid groups (broad SMARTS) is 1. The smallest absolute Gasteiger partial charge is 0.352 e. The van der Waals surface area contributed by atoms with E-state index in [1.54, 1.807) is 4.57 Å². The molecule has 6 nitrogen and oxygen atoms in total. The molecule has 0 aliphatic carbocycles. The highest BCUT2D eigenvalue weighted by Crippen LogP contribution is 2.22. The fraction of sp³-hybridized carbons (Fsp3) is 0.500. The number of nitrogens with zero attached hydrogens (tertiary/aromatic N) is 3. The lowest BCUT2D eigenvalue weighted by molar-refractivity contribution is 0.0684. The van der Waals surface area contributed by atoms with Crippen LogP contribution in [0.25, 0.3) is 5.65 Å². The van der Waals surface area contributed by atoms with Crippen LogP contribution in [0.1, 0.15) is 55.7 Å². The fourth-order valence-corrected chi connectivity index (χ4v) is 2.54. The maximum atomic E-state index is 12.0. The molecule has 0 bridgehead atoms. The van der Waals surface area contributed by atoms with Crippen LogP contribution >= 0.6 is 0 Å². The number of hydrogen-bond acceptors (Lipinski definition) is 3. The van der Waals surface area contributed by atoms with E-state index in [1.807, 2.05) is 13.0 Å². The molecule has 0 saturated heterocycles. The molecule has 0 unspecified atom stereocenters. The van der Waals surface area contributed by atoms with Gasteiger partial charge in [-0.25, -0.2) is 4.79 Å². The summed E-state index contributed by atoms with van der Waals surface area (Å²) in [5, 5.41) is 13.6. The van der Waals surface area contributed by atoms with E-state index < -0.39 is 11.5 Å². The van der Waals surface area contributed by atoms with Gasteiger partial charge in [0.1, 0.15) is 11.3 Å². The third-order valence-corrected chi connectivity index (χ3v) is 3.68. The molecule has 0 radical (unpaired) electrons. The zero-order chi connectivity index (χ0) is 14.9. The molecule has 108 valence electrons. The number of aromatic carboxylic acids is 1. The van der Waals surface area contributed by atoms with E-state index in [4.69, 9.17) is 0 Å². The lowest BCUT2D eigenvalue weighted by Crippen LogP contribution is -2.23. The summed E-state index contributed by atoms with van der Waals surface area (Å²) >= 11 is 0. The maximum absolute atomic E-state index is 12.0. The van der Waals surface area contributed by atoms with Gasteiger partial charge >= 0.3 is 5.97 Å². The van der Waals surface area contributed by atoms with Crippen molar-refractivity contribution in [3.05, 3.63) is 33.9 Å². The van der Waals surface area contributed by atoms with Crippen LogP contribution in [0.4, 0.5) is 0 Å². The zero-order valence-corrected chi connectivity index (χ0v) is 12.0. The molecular weight excluding hydrogens is 258 g/mol. The lowest BCUT2D eigenvalue weighted by Gasteiger charge is -2.09. The number of aryl methyl sites for hydroxylation is 1. The van der Waals surface area contributed by atoms with Crippen molar-refractivity contribution in [3.63, 3.8) is 0 Å². The van der Waals surface area contributed by atoms with E-state index in [1.165, 1.54) is 4.52 Å². The summed E-state index contributed by atoms with van der Waals surface area (Å²) in [5.41, 5.74) is 0.983. The average Bonchev–Trinajstić information content (AvgIpc) is 2.85. The fourth-order valence-electron chi connectivity index (χ4n) is 2.54. The van der Waals surface area contributed by atoms with Crippen molar-refractivity contribution in [2.24, 2.45) is 0 Å². The van der Waals surface area contributed by atoms with E-state index >= 15 is 0 Å². The minimum absolute atomic E-state index is 0.000923. The molecule has 2 aromatic rings. The molecular formula is C14H19N3O3. The van der Waals surface area contributed by atoms with Gasteiger partial charge in [0.2, 0.25) is 0 Å². The van der Waals surface area contributed by atoms with Gasteiger partial charge in [-0.2, -0.15) is 9.61 Å². The van der Waals surface area contributed by atoms with Crippen LogP contribution < -0.4 is 5.56 Å². The van der Waals surface area contributed by atoms with Gasteiger partial charge in [0.25, 0.3) is 5.56 Å². The van der Waals surface area contributed by atoms with Crippen LogP contribution in [0.2, 0.25) is 0 Å². The van der Waals surface area contributed by atoms with Gasteiger partial charge in [0.15, 0.2) is 0 Å². The SMILES string of the molecule is CCC(CC)c1cc2n(CC)c(C(=O)O)cc(=O)n2n1. The topological polar surface area (TPSA) is 76.6 Å². The first-order chi connectivity index (χ1) is 9.53. The van der Waals surface area contributed by atoms with Gasteiger partial charge in [-0.1, -0.05) is 13.8 Å². The lowest BCUT2D eigenvalue weighted by atomic mass is 10.00. The van der Waals surface area contributed by atoms with Crippen LogP contribution in [0.5, 0.6) is 0 Å². The van der Waals surface area contributed by atoms with Crippen LogP contribution in [-0.4, -0.2) is 25.3 Å². The second-order valence-electron chi connectivity index (χ2n) is 4.77. The highest BCUT2D eigenvalue weighted by atomic mass is 16.4. The number of aromatic nitrogens is 3. The normalized spacial score (nSPS) is 11.4. The molecule has 0 saturated carbocycles. The molecule has 0 atom stereocenters.